The van der Waals surface area contributed by atoms with E-state index in [1.807, 2.05) is 0 Å². The van der Waals surface area contributed by atoms with Gasteiger partial charge in [-0.25, -0.2) is 0 Å². The number of hydrogen-bond donors (Lipinski definition) is 1. The van der Waals surface area contributed by atoms with Gasteiger partial charge >= 0.3 is 6.18 Å². The van der Waals surface area contributed by atoms with E-state index in [4.69, 9.17) is 5.73 Å². The van der Waals surface area contributed by atoms with Crippen LogP contribution in [0.5, 0.6) is 0 Å². The molecule has 0 spiro atoms. The van der Waals surface area contributed by atoms with Gasteiger partial charge in [0.15, 0.2) is 0 Å². The number of hydrogen-bond acceptors (Lipinski definition) is 1. The Labute approximate surface area is 75.8 Å². The minimum absolute atomic E-state index is 0.366. The lowest BCUT2D eigenvalue weighted by Crippen LogP contribution is -2.38. The third-order valence-corrected chi connectivity index (χ3v) is 2.33. The molecule has 2 N–H and O–H groups in total. The van der Waals surface area contributed by atoms with E-state index in [1.165, 1.54) is 0 Å². The highest BCUT2D eigenvalue weighted by Gasteiger charge is 2.38. The van der Waals surface area contributed by atoms with Crippen LogP contribution in [0.2, 0.25) is 0 Å². The summed E-state index contributed by atoms with van der Waals surface area (Å²) in [6.07, 6.45) is 1.43. The zero-order valence-electron chi connectivity index (χ0n) is 7.40. The fourth-order valence-electron chi connectivity index (χ4n) is 1.53. The molecule has 0 radical (unpaired) electrons. The SMILES string of the molecule is NC(C1=CCCCCC1)C(F)(F)F. The monoisotopic (exact) mass is 193 g/mol. The van der Waals surface area contributed by atoms with Crippen LogP contribution in [0.25, 0.3) is 0 Å². The van der Waals surface area contributed by atoms with Crippen LogP contribution in [0, 0.1) is 0 Å². The summed E-state index contributed by atoms with van der Waals surface area (Å²) in [5, 5.41) is 0. The van der Waals surface area contributed by atoms with E-state index < -0.39 is 12.2 Å². The summed E-state index contributed by atoms with van der Waals surface area (Å²) in [6.45, 7) is 0. The molecule has 0 aromatic heterocycles. The second kappa shape index (κ2) is 4.13. The summed E-state index contributed by atoms with van der Waals surface area (Å²) in [7, 11) is 0. The molecule has 0 saturated heterocycles. The molecule has 1 unspecified atom stereocenters. The zero-order chi connectivity index (χ0) is 9.90. The first-order valence-electron chi connectivity index (χ1n) is 4.53. The van der Waals surface area contributed by atoms with Crippen molar-refractivity contribution in [3.63, 3.8) is 0 Å². The van der Waals surface area contributed by atoms with E-state index in [-0.39, 0.29) is 0 Å². The van der Waals surface area contributed by atoms with Gasteiger partial charge in [-0.1, -0.05) is 12.5 Å². The first-order valence-corrected chi connectivity index (χ1v) is 4.53. The standard InChI is InChI=1S/C9H14F3N/c10-9(11,12)8(13)7-5-3-1-2-4-6-7/h5,8H,1-4,6,13H2. The van der Waals surface area contributed by atoms with Gasteiger partial charge in [-0.2, -0.15) is 13.2 Å². The highest BCUT2D eigenvalue weighted by molar-refractivity contribution is 5.13. The van der Waals surface area contributed by atoms with Crippen LogP contribution in [0.3, 0.4) is 0 Å². The lowest BCUT2D eigenvalue weighted by atomic mass is 10.0. The lowest BCUT2D eigenvalue weighted by Gasteiger charge is -2.18. The minimum atomic E-state index is -4.28. The second-order valence-corrected chi connectivity index (χ2v) is 3.40. The Morgan fingerprint density at radius 2 is 1.92 bits per heavy atom. The van der Waals surface area contributed by atoms with Crippen molar-refractivity contribution in [1.82, 2.24) is 0 Å². The van der Waals surface area contributed by atoms with Gasteiger partial charge in [0, 0.05) is 0 Å². The van der Waals surface area contributed by atoms with Crippen molar-refractivity contribution >= 4 is 0 Å². The molecule has 1 atom stereocenters. The number of halogens is 3. The average molecular weight is 193 g/mol. The van der Waals surface area contributed by atoms with Crippen LogP contribution < -0.4 is 5.73 Å². The highest BCUT2D eigenvalue weighted by atomic mass is 19.4. The summed E-state index contributed by atoms with van der Waals surface area (Å²) < 4.78 is 36.6. The van der Waals surface area contributed by atoms with Crippen LogP contribution >= 0.6 is 0 Å². The van der Waals surface area contributed by atoms with Gasteiger partial charge in [-0.3, -0.25) is 0 Å². The number of nitrogens with two attached hydrogens (primary N) is 1. The topological polar surface area (TPSA) is 26.0 Å². The molecule has 0 bridgehead atoms. The molecule has 0 aliphatic heterocycles. The molecule has 13 heavy (non-hydrogen) atoms. The fourth-order valence-corrected chi connectivity index (χ4v) is 1.53. The largest absolute Gasteiger partial charge is 0.407 e. The summed E-state index contributed by atoms with van der Waals surface area (Å²) in [5.41, 5.74) is 5.47. The van der Waals surface area contributed by atoms with Crippen molar-refractivity contribution in [2.24, 2.45) is 5.73 Å². The van der Waals surface area contributed by atoms with E-state index in [2.05, 4.69) is 0 Å². The molecule has 0 aromatic rings. The van der Waals surface area contributed by atoms with Crippen LogP contribution in [0.1, 0.15) is 32.1 Å². The summed E-state index contributed by atoms with van der Waals surface area (Å²) in [5.74, 6) is 0. The summed E-state index contributed by atoms with van der Waals surface area (Å²) in [4.78, 5) is 0. The third-order valence-electron chi connectivity index (χ3n) is 2.33. The predicted molar refractivity (Wildman–Crippen MR) is 45.2 cm³/mol. The van der Waals surface area contributed by atoms with Crippen molar-refractivity contribution in [1.29, 1.82) is 0 Å². The molecule has 0 heterocycles. The van der Waals surface area contributed by atoms with E-state index >= 15 is 0 Å². The number of alkyl halides is 3. The van der Waals surface area contributed by atoms with Gasteiger partial charge in [0.05, 0.1) is 0 Å². The van der Waals surface area contributed by atoms with Gasteiger partial charge in [0.25, 0.3) is 0 Å². The molecule has 0 amide bonds. The van der Waals surface area contributed by atoms with Gasteiger partial charge in [0.2, 0.25) is 0 Å². The van der Waals surface area contributed by atoms with Gasteiger partial charge in [0.1, 0.15) is 6.04 Å². The molecule has 1 aliphatic rings. The van der Waals surface area contributed by atoms with Crippen LogP contribution in [0.15, 0.2) is 11.6 Å². The first-order chi connectivity index (χ1) is 6.02. The maximum Gasteiger partial charge on any atom is 0.407 e. The molecule has 1 nitrogen and oxygen atoms in total. The minimum Gasteiger partial charge on any atom is -0.317 e. The Bertz CT molecular complexity index is 196. The molecule has 0 saturated carbocycles. The van der Waals surface area contributed by atoms with Crippen LogP contribution in [0.4, 0.5) is 13.2 Å². The van der Waals surface area contributed by atoms with Crippen molar-refractivity contribution in [3.05, 3.63) is 11.6 Å². The Hall–Kier alpha value is -0.510. The zero-order valence-corrected chi connectivity index (χ0v) is 7.40. The smallest absolute Gasteiger partial charge is 0.317 e. The summed E-state index contributed by atoms with van der Waals surface area (Å²) >= 11 is 0. The quantitative estimate of drug-likeness (QED) is 0.636. The van der Waals surface area contributed by atoms with Crippen molar-refractivity contribution in [2.45, 2.75) is 44.3 Å². The van der Waals surface area contributed by atoms with Crippen molar-refractivity contribution < 1.29 is 13.2 Å². The predicted octanol–water partition coefficient (Wildman–Crippen LogP) is 2.77. The molecule has 1 rings (SSSR count). The van der Waals surface area contributed by atoms with E-state index in [1.54, 1.807) is 6.08 Å². The van der Waals surface area contributed by atoms with Gasteiger partial charge in [-0.15, -0.1) is 0 Å². The normalized spacial score (nSPS) is 22.0. The van der Waals surface area contributed by atoms with E-state index in [0.717, 1.165) is 25.7 Å². The van der Waals surface area contributed by atoms with E-state index in [9.17, 15) is 13.2 Å². The molecule has 1 aliphatic carbocycles. The number of allylic oxidation sites excluding steroid dienone is 1. The maximum absolute atomic E-state index is 12.2. The first kappa shape index (κ1) is 10.6. The van der Waals surface area contributed by atoms with Crippen LogP contribution in [-0.2, 0) is 0 Å². The second-order valence-electron chi connectivity index (χ2n) is 3.40. The Morgan fingerprint density at radius 1 is 1.23 bits per heavy atom. The average Bonchev–Trinajstić information content (AvgIpc) is 2.28. The molecular formula is C9H14F3N. The Kier molecular flexibility index (Phi) is 3.36. The number of rotatable bonds is 1. The molecule has 76 valence electrons. The van der Waals surface area contributed by atoms with Crippen molar-refractivity contribution in [3.8, 4) is 0 Å². The lowest BCUT2D eigenvalue weighted by molar-refractivity contribution is -0.139. The molecular weight excluding hydrogens is 179 g/mol. The molecule has 4 heteroatoms. The Morgan fingerprint density at radius 3 is 2.54 bits per heavy atom. The van der Waals surface area contributed by atoms with Gasteiger partial charge < -0.3 is 5.73 Å². The third kappa shape index (κ3) is 3.03. The van der Waals surface area contributed by atoms with Gasteiger partial charge in [-0.05, 0) is 31.3 Å². The molecule has 0 aromatic carbocycles. The maximum atomic E-state index is 12.2. The highest BCUT2D eigenvalue weighted by Crippen LogP contribution is 2.28. The fraction of sp³-hybridized carbons (Fsp3) is 0.778. The summed E-state index contributed by atoms with van der Waals surface area (Å²) in [6, 6.07) is -1.74. The van der Waals surface area contributed by atoms with E-state index in [0.29, 0.717) is 12.0 Å². The Balaban J connectivity index is 2.63. The van der Waals surface area contributed by atoms with Crippen molar-refractivity contribution in [2.75, 3.05) is 0 Å². The van der Waals surface area contributed by atoms with Crippen LogP contribution in [-0.4, -0.2) is 12.2 Å². The molecule has 0 fully saturated rings.